The van der Waals surface area contributed by atoms with E-state index in [9.17, 15) is 0 Å². The minimum atomic E-state index is 0.251. The molecular formula is C10H15BClN3O. The molecule has 0 aliphatic carbocycles. The van der Waals surface area contributed by atoms with Crippen molar-refractivity contribution in [2.24, 2.45) is 0 Å². The van der Waals surface area contributed by atoms with Gasteiger partial charge in [-0.15, -0.1) is 0 Å². The maximum absolute atomic E-state index is 5.92. The summed E-state index contributed by atoms with van der Waals surface area (Å²) in [5.74, 6) is 0.620. The fourth-order valence-corrected chi connectivity index (χ4v) is 1.92. The van der Waals surface area contributed by atoms with Crippen molar-refractivity contribution in [2.75, 3.05) is 13.1 Å². The molecule has 4 nitrogen and oxygen atoms in total. The highest BCUT2D eigenvalue weighted by Crippen LogP contribution is 2.23. The van der Waals surface area contributed by atoms with Gasteiger partial charge in [-0.25, -0.2) is 9.97 Å². The third-order valence-corrected chi connectivity index (χ3v) is 3.30. The summed E-state index contributed by atoms with van der Waals surface area (Å²) in [6, 6.07) is 0. The first-order valence-electron chi connectivity index (χ1n) is 5.49. The summed E-state index contributed by atoms with van der Waals surface area (Å²) in [5, 5.41) is 0.470. The van der Waals surface area contributed by atoms with E-state index in [4.69, 9.17) is 16.3 Å². The van der Waals surface area contributed by atoms with Gasteiger partial charge in [-0.3, -0.25) is 0 Å². The molecule has 6 heteroatoms. The van der Waals surface area contributed by atoms with Gasteiger partial charge in [-0.05, 0) is 32.9 Å². The summed E-state index contributed by atoms with van der Waals surface area (Å²) in [5.41, 5.74) is 0.822. The second-order valence-corrected chi connectivity index (χ2v) is 4.57. The van der Waals surface area contributed by atoms with Gasteiger partial charge in [0.15, 0.2) is 7.98 Å². The van der Waals surface area contributed by atoms with Crippen LogP contribution in [0, 0.1) is 6.92 Å². The molecule has 2 heterocycles. The Balaban J connectivity index is 2.01. The van der Waals surface area contributed by atoms with Crippen LogP contribution in [0.15, 0.2) is 6.33 Å². The van der Waals surface area contributed by atoms with Crippen LogP contribution in [-0.4, -0.2) is 42.0 Å². The number of hydrogen-bond acceptors (Lipinski definition) is 4. The predicted molar refractivity (Wildman–Crippen MR) is 65.5 cm³/mol. The van der Waals surface area contributed by atoms with Gasteiger partial charge in [0, 0.05) is 5.56 Å². The normalized spacial score (nSPS) is 18.6. The fraction of sp³-hybridized carbons (Fsp3) is 0.600. The summed E-state index contributed by atoms with van der Waals surface area (Å²) >= 11 is 5.92. The molecular weight excluding hydrogens is 224 g/mol. The number of piperidine rings is 1. The smallest absolute Gasteiger partial charge is 0.221 e. The van der Waals surface area contributed by atoms with Gasteiger partial charge in [0.25, 0.3) is 0 Å². The molecule has 1 aliphatic rings. The predicted octanol–water partition coefficient (Wildman–Crippen LogP) is 0.830. The maximum Gasteiger partial charge on any atom is 0.221 e. The zero-order valence-corrected chi connectivity index (χ0v) is 10.4. The largest absolute Gasteiger partial charge is 0.474 e. The lowest BCUT2D eigenvalue weighted by Crippen LogP contribution is -2.36. The van der Waals surface area contributed by atoms with E-state index in [0.717, 1.165) is 31.5 Å². The first-order valence-corrected chi connectivity index (χ1v) is 5.87. The van der Waals surface area contributed by atoms with Crippen LogP contribution in [-0.2, 0) is 0 Å². The van der Waals surface area contributed by atoms with Crippen molar-refractivity contribution in [3.8, 4) is 5.88 Å². The molecule has 1 fully saturated rings. The van der Waals surface area contributed by atoms with Crippen LogP contribution in [0.4, 0.5) is 0 Å². The van der Waals surface area contributed by atoms with E-state index < -0.39 is 0 Å². The number of hydrogen-bond donors (Lipinski definition) is 0. The van der Waals surface area contributed by atoms with Gasteiger partial charge >= 0.3 is 0 Å². The van der Waals surface area contributed by atoms with E-state index in [1.807, 2.05) is 6.92 Å². The lowest BCUT2D eigenvalue weighted by molar-refractivity contribution is 0.130. The van der Waals surface area contributed by atoms with Crippen molar-refractivity contribution in [2.45, 2.75) is 25.9 Å². The van der Waals surface area contributed by atoms with Gasteiger partial charge in [-0.2, -0.15) is 0 Å². The maximum atomic E-state index is 5.92. The van der Waals surface area contributed by atoms with Crippen LogP contribution >= 0.6 is 11.6 Å². The van der Waals surface area contributed by atoms with Crippen LogP contribution in [0.25, 0.3) is 0 Å². The molecule has 0 N–H and O–H groups in total. The molecule has 0 bridgehead atoms. The molecule has 1 aromatic heterocycles. The number of nitrogens with zero attached hydrogens (tertiary/aromatic N) is 3. The van der Waals surface area contributed by atoms with Gasteiger partial charge in [0.2, 0.25) is 5.88 Å². The number of aromatic nitrogens is 2. The first kappa shape index (κ1) is 11.7. The standard InChI is InChI=1S/C10H15BClN3O/c1-7-9(12)13-6-14-10(7)16-8-2-4-15(11)5-3-8/h6,8H,2-5,11H2,1H3. The molecule has 0 amide bonds. The molecule has 0 saturated carbocycles. The first-order chi connectivity index (χ1) is 7.66. The van der Waals surface area contributed by atoms with Crippen molar-refractivity contribution in [1.29, 1.82) is 0 Å². The average Bonchev–Trinajstić information content (AvgIpc) is 2.28. The van der Waals surface area contributed by atoms with E-state index in [-0.39, 0.29) is 6.10 Å². The Hall–Kier alpha value is -0.805. The lowest BCUT2D eigenvalue weighted by atomic mass is 10.1. The molecule has 1 aromatic rings. The van der Waals surface area contributed by atoms with Crippen LogP contribution in [0.3, 0.4) is 0 Å². The van der Waals surface area contributed by atoms with E-state index in [1.54, 1.807) is 0 Å². The van der Waals surface area contributed by atoms with Gasteiger partial charge in [-0.1, -0.05) is 11.6 Å². The van der Waals surface area contributed by atoms with E-state index in [2.05, 4.69) is 22.8 Å². The minimum absolute atomic E-state index is 0.251. The van der Waals surface area contributed by atoms with Crippen LogP contribution < -0.4 is 4.74 Å². The van der Waals surface area contributed by atoms with Gasteiger partial charge in [0.05, 0.1) is 0 Å². The van der Waals surface area contributed by atoms with E-state index >= 15 is 0 Å². The Bertz CT molecular complexity index is 369. The monoisotopic (exact) mass is 239 g/mol. The Morgan fingerprint density at radius 2 is 2.12 bits per heavy atom. The molecule has 1 aliphatic heterocycles. The molecule has 0 atom stereocenters. The second-order valence-electron chi connectivity index (χ2n) is 4.22. The summed E-state index contributed by atoms with van der Waals surface area (Å²) < 4.78 is 5.85. The van der Waals surface area contributed by atoms with Crippen molar-refractivity contribution in [1.82, 2.24) is 14.8 Å². The molecule has 0 aromatic carbocycles. The Morgan fingerprint density at radius 3 is 2.81 bits per heavy atom. The zero-order chi connectivity index (χ0) is 11.5. The zero-order valence-electron chi connectivity index (χ0n) is 9.61. The average molecular weight is 240 g/mol. The van der Waals surface area contributed by atoms with Gasteiger partial charge in [0.1, 0.15) is 17.6 Å². The Labute approximate surface area is 101 Å². The summed E-state index contributed by atoms with van der Waals surface area (Å²) in [7, 11) is 2.13. The number of rotatable bonds is 2. The van der Waals surface area contributed by atoms with Crippen molar-refractivity contribution < 1.29 is 4.74 Å². The fourth-order valence-electron chi connectivity index (χ4n) is 1.79. The second kappa shape index (κ2) is 5.02. The summed E-state index contributed by atoms with van der Waals surface area (Å²) in [6.07, 6.45) is 3.77. The van der Waals surface area contributed by atoms with Gasteiger partial charge < -0.3 is 9.55 Å². The minimum Gasteiger partial charge on any atom is -0.474 e. The van der Waals surface area contributed by atoms with Crippen LogP contribution in [0.1, 0.15) is 18.4 Å². The van der Waals surface area contributed by atoms with Crippen molar-refractivity contribution in [3.63, 3.8) is 0 Å². The lowest BCUT2D eigenvalue weighted by Gasteiger charge is -2.29. The molecule has 86 valence electrons. The third kappa shape index (κ3) is 2.65. The molecule has 1 saturated heterocycles. The van der Waals surface area contributed by atoms with Crippen LogP contribution in [0.5, 0.6) is 5.88 Å². The number of ether oxygens (including phenoxy) is 1. The van der Waals surface area contributed by atoms with Crippen LogP contribution in [0.2, 0.25) is 5.15 Å². The molecule has 16 heavy (non-hydrogen) atoms. The molecule has 0 spiro atoms. The van der Waals surface area contributed by atoms with E-state index in [1.165, 1.54) is 6.33 Å². The molecule has 0 radical (unpaired) electrons. The number of halogens is 1. The third-order valence-electron chi connectivity index (χ3n) is 2.92. The summed E-state index contributed by atoms with van der Waals surface area (Å²) in [6.45, 7) is 4.03. The quantitative estimate of drug-likeness (QED) is 0.566. The van der Waals surface area contributed by atoms with Crippen molar-refractivity contribution >= 4 is 19.6 Å². The Morgan fingerprint density at radius 1 is 1.44 bits per heavy atom. The highest BCUT2D eigenvalue weighted by molar-refractivity contribution is 6.30. The molecule has 2 rings (SSSR count). The molecule has 0 unspecified atom stereocenters. The highest BCUT2D eigenvalue weighted by atomic mass is 35.5. The topological polar surface area (TPSA) is 38.2 Å². The highest BCUT2D eigenvalue weighted by Gasteiger charge is 2.19. The van der Waals surface area contributed by atoms with Crippen molar-refractivity contribution in [3.05, 3.63) is 17.0 Å². The Kier molecular flexibility index (Phi) is 3.66. The SMILES string of the molecule is BN1CCC(Oc2ncnc(Cl)c2C)CC1. The summed E-state index contributed by atoms with van der Waals surface area (Å²) in [4.78, 5) is 10.3. The van der Waals surface area contributed by atoms with E-state index in [0.29, 0.717) is 11.0 Å².